The van der Waals surface area contributed by atoms with Gasteiger partial charge in [-0.05, 0) is 0 Å². The summed E-state index contributed by atoms with van der Waals surface area (Å²) in [5.74, 6) is 8.96. The Bertz CT molecular complexity index is 234. The van der Waals surface area contributed by atoms with Crippen LogP contribution >= 0.6 is 47.0 Å². The van der Waals surface area contributed by atoms with Gasteiger partial charge >= 0.3 is 151 Å². The fourth-order valence-electron chi connectivity index (χ4n) is 1.82. The van der Waals surface area contributed by atoms with Crippen LogP contribution in [0.2, 0.25) is 10.4 Å². The number of hydrogen-bond donors (Lipinski definition) is 0. The minimum absolute atomic E-state index is 0.374. The molecule has 0 aromatic rings. The average molecular weight is 548 g/mol. The summed E-state index contributed by atoms with van der Waals surface area (Å²) in [6.07, 6.45) is 1.63. The Labute approximate surface area is 149 Å². The second-order valence-electron chi connectivity index (χ2n) is 4.83. The van der Waals surface area contributed by atoms with E-state index in [0.717, 1.165) is 10.5 Å². The van der Waals surface area contributed by atoms with Gasteiger partial charge in [0.1, 0.15) is 0 Å². The standard InChI is InChI=1S/C12H20S4Te2/c1-2-17-12(8-14-4-10-6-16-10)18-11(1)7-13-3-9-5-15-9/h9-12H,1-8H2. The van der Waals surface area contributed by atoms with E-state index in [1.165, 1.54) is 34.7 Å². The molecule has 0 N–H and O–H groups in total. The Morgan fingerprint density at radius 1 is 0.944 bits per heavy atom. The second kappa shape index (κ2) is 8.57. The van der Waals surface area contributed by atoms with Gasteiger partial charge in [0.2, 0.25) is 0 Å². The van der Waals surface area contributed by atoms with E-state index in [0.29, 0.717) is 41.8 Å². The first-order valence-electron chi connectivity index (χ1n) is 6.56. The van der Waals surface area contributed by atoms with Gasteiger partial charge in [0.15, 0.2) is 0 Å². The van der Waals surface area contributed by atoms with E-state index in [4.69, 9.17) is 0 Å². The van der Waals surface area contributed by atoms with Crippen molar-refractivity contribution in [2.75, 3.05) is 34.5 Å². The van der Waals surface area contributed by atoms with E-state index < -0.39 is 0 Å². The van der Waals surface area contributed by atoms with Crippen LogP contribution in [-0.2, 0) is 0 Å². The van der Waals surface area contributed by atoms with Crippen molar-refractivity contribution in [3.63, 3.8) is 0 Å². The third kappa shape index (κ3) is 6.39. The summed E-state index contributed by atoms with van der Waals surface area (Å²) in [5.41, 5.74) is 0. The molecule has 0 radical (unpaired) electrons. The molecule has 4 unspecified atom stereocenters. The van der Waals surface area contributed by atoms with Gasteiger partial charge in [-0.25, -0.2) is 0 Å². The van der Waals surface area contributed by atoms with E-state index in [2.05, 4.69) is 47.0 Å². The van der Waals surface area contributed by atoms with Gasteiger partial charge in [-0.1, -0.05) is 0 Å². The molecule has 104 valence electrons. The van der Waals surface area contributed by atoms with Crippen LogP contribution in [-0.4, -0.2) is 86.9 Å². The van der Waals surface area contributed by atoms with Crippen molar-refractivity contribution in [3.8, 4) is 0 Å². The summed E-state index contributed by atoms with van der Waals surface area (Å²) in [7, 11) is 0. The Kier molecular flexibility index (Phi) is 7.55. The summed E-state index contributed by atoms with van der Waals surface area (Å²) in [6.45, 7) is 0. The van der Waals surface area contributed by atoms with Crippen molar-refractivity contribution >= 4 is 88.9 Å². The van der Waals surface area contributed by atoms with E-state index in [1.54, 1.807) is 16.6 Å². The van der Waals surface area contributed by atoms with Crippen LogP contribution in [0.1, 0.15) is 6.42 Å². The third-order valence-corrected chi connectivity index (χ3v) is 21.1. The molecule has 18 heavy (non-hydrogen) atoms. The van der Waals surface area contributed by atoms with E-state index in [9.17, 15) is 0 Å². The molecule has 0 aromatic carbocycles. The van der Waals surface area contributed by atoms with Gasteiger partial charge < -0.3 is 0 Å². The Hall–Kier alpha value is 2.98. The van der Waals surface area contributed by atoms with Crippen LogP contribution in [0.4, 0.5) is 0 Å². The SMILES string of the molecule is C1CC(CSCC2CS2)[Te]C(CSCC2CS2)[Te]1. The Morgan fingerprint density at radius 3 is 2.28 bits per heavy atom. The maximum absolute atomic E-state index is 2.31. The molecule has 0 aromatic heterocycles. The molecule has 0 amide bonds. The summed E-state index contributed by atoms with van der Waals surface area (Å²) >= 11 is 9.74. The Morgan fingerprint density at radius 2 is 1.61 bits per heavy atom. The molecule has 3 rings (SSSR count). The van der Waals surface area contributed by atoms with Crippen LogP contribution in [0, 0.1) is 0 Å². The Balaban J connectivity index is 1.26. The maximum atomic E-state index is 2.31. The van der Waals surface area contributed by atoms with Gasteiger partial charge in [0.05, 0.1) is 0 Å². The minimum atomic E-state index is 0.374. The second-order valence-corrected chi connectivity index (χ2v) is 20.6. The zero-order valence-corrected chi connectivity index (χ0v) is 18.3. The molecule has 0 aliphatic carbocycles. The van der Waals surface area contributed by atoms with Gasteiger partial charge in [0.25, 0.3) is 0 Å². The summed E-state index contributed by atoms with van der Waals surface area (Å²) in [4.78, 5) is 0. The first-order chi connectivity index (χ1) is 8.90. The molecule has 3 saturated heterocycles. The molecule has 0 saturated carbocycles. The molecule has 4 atom stereocenters. The zero-order valence-electron chi connectivity index (χ0n) is 10.4. The normalized spacial score (nSPS) is 38.7. The van der Waals surface area contributed by atoms with E-state index in [1.807, 2.05) is 0 Å². The molecule has 3 aliphatic heterocycles. The molecule has 0 spiro atoms. The molecule has 0 nitrogen and oxygen atoms in total. The van der Waals surface area contributed by atoms with E-state index >= 15 is 0 Å². The van der Waals surface area contributed by atoms with Crippen molar-refractivity contribution in [2.24, 2.45) is 0 Å². The van der Waals surface area contributed by atoms with Crippen molar-refractivity contribution in [3.05, 3.63) is 0 Å². The van der Waals surface area contributed by atoms with Crippen molar-refractivity contribution in [1.82, 2.24) is 0 Å². The van der Waals surface area contributed by atoms with Crippen LogP contribution in [0.5, 0.6) is 0 Å². The van der Waals surface area contributed by atoms with E-state index in [-0.39, 0.29) is 0 Å². The quantitative estimate of drug-likeness (QED) is 0.337. The summed E-state index contributed by atoms with van der Waals surface area (Å²) in [5, 5.41) is 2.11. The number of thioether (sulfide) groups is 4. The predicted molar refractivity (Wildman–Crippen MR) is 95.6 cm³/mol. The van der Waals surface area contributed by atoms with Gasteiger partial charge in [0, 0.05) is 0 Å². The first kappa shape index (κ1) is 15.9. The van der Waals surface area contributed by atoms with Gasteiger partial charge in [-0.2, -0.15) is 0 Å². The summed E-state index contributed by atoms with van der Waals surface area (Å²) < 4.78 is 4.19. The third-order valence-electron chi connectivity index (χ3n) is 3.06. The van der Waals surface area contributed by atoms with Crippen molar-refractivity contribution < 1.29 is 0 Å². The fourth-order valence-corrected chi connectivity index (χ4v) is 22.4. The van der Waals surface area contributed by atoms with Gasteiger partial charge in [-0.3, -0.25) is 0 Å². The first-order valence-corrected chi connectivity index (χ1v) is 16.6. The molecule has 0 bridgehead atoms. The molecule has 3 aliphatic rings. The molecular weight excluding hydrogens is 528 g/mol. The zero-order chi connectivity index (χ0) is 12.2. The summed E-state index contributed by atoms with van der Waals surface area (Å²) in [6, 6.07) is 0. The molecule has 3 fully saturated rings. The fraction of sp³-hybridized carbons (Fsp3) is 1.00. The number of rotatable bonds is 8. The molecule has 3 heterocycles. The van der Waals surface area contributed by atoms with Crippen LogP contribution in [0.15, 0.2) is 0 Å². The average Bonchev–Trinajstić information content (AvgIpc) is 3.25. The van der Waals surface area contributed by atoms with Crippen LogP contribution < -0.4 is 0 Å². The van der Waals surface area contributed by atoms with Crippen LogP contribution in [0.25, 0.3) is 0 Å². The van der Waals surface area contributed by atoms with Crippen LogP contribution in [0.3, 0.4) is 0 Å². The van der Waals surface area contributed by atoms with Crippen molar-refractivity contribution in [1.29, 1.82) is 0 Å². The van der Waals surface area contributed by atoms with Gasteiger partial charge in [-0.15, -0.1) is 0 Å². The topological polar surface area (TPSA) is 0 Å². The van der Waals surface area contributed by atoms with Crippen molar-refractivity contribution in [2.45, 2.75) is 27.4 Å². The monoisotopic (exact) mass is 552 g/mol. The number of hydrogen-bond acceptors (Lipinski definition) is 4. The predicted octanol–water partition coefficient (Wildman–Crippen LogP) is 3.45. The molecule has 6 heteroatoms. The molecular formula is C12H20S4Te2.